The first-order valence-electron chi connectivity index (χ1n) is 7.41. The van der Waals surface area contributed by atoms with Crippen molar-refractivity contribution in [2.24, 2.45) is 0 Å². The Bertz CT molecular complexity index is 780. The summed E-state index contributed by atoms with van der Waals surface area (Å²) < 4.78 is 5.23. The van der Waals surface area contributed by atoms with E-state index >= 15 is 0 Å². The van der Waals surface area contributed by atoms with Crippen LogP contribution < -0.4 is 5.32 Å². The minimum atomic E-state index is -0.0714. The van der Waals surface area contributed by atoms with Gasteiger partial charge in [-0.05, 0) is 24.6 Å². The highest BCUT2D eigenvalue weighted by Gasteiger charge is 2.10. The molecule has 5 heteroatoms. The fraction of sp³-hybridized carbons (Fsp3) is 0.167. The van der Waals surface area contributed by atoms with Gasteiger partial charge in [0.1, 0.15) is 0 Å². The molecule has 0 saturated heterocycles. The molecule has 0 spiro atoms. The van der Waals surface area contributed by atoms with Crippen LogP contribution in [0.1, 0.15) is 17.0 Å². The van der Waals surface area contributed by atoms with Gasteiger partial charge in [0.2, 0.25) is 5.91 Å². The molecule has 1 amide bonds. The lowest BCUT2D eigenvalue weighted by atomic mass is 10.1. The van der Waals surface area contributed by atoms with E-state index in [1.807, 2.05) is 61.5 Å². The molecule has 0 aliphatic rings. The summed E-state index contributed by atoms with van der Waals surface area (Å²) in [4.78, 5) is 16.2. The van der Waals surface area contributed by atoms with Gasteiger partial charge in [-0.15, -0.1) is 0 Å². The van der Waals surface area contributed by atoms with Crippen molar-refractivity contribution >= 4 is 5.91 Å². The zero-order valence-corrected chi connectivity index (χ0v) is 12.8. The van der Waals surface area contributed by atoms with Gasteiger partial charge in [0.05, 0.1) is 13.0 Å². The van der Waals surface area contributed by atoms with Crippen molar-refractivity contribution in [3.63, 3.8) is 0 Å². The van der Waals surface area contributed by atoms with E-state index < -0.39 is 0 Å². The van der Waals surface area contributed by atoms with E-state index in [0.717, 1.165) is 11.1 Å². The number of nitrogens with zero attached hydrogens (tertiary/aromatic N) is 2. The van der Waals surface area contributed by atoms with Crippen molar-refractivity contribution in [2.75, 3.05) is 0 Å². The van der Waals surface area contributed by atoms with Crippen LogP contribution in [0.5, 0.6) is 0 Å². The van der Waals surface area contributed by atoms with Crippen LogP contribution in [-0.4, -0.2) is 16.0 Å². The Morgan fingerprint density at radius 1 is 1.09 bits per heavy atom. The molecule has 0 fully saturated rings. The number of carbonyl (C=O) groups excluding carboxylic acids is 1. The summed E-state index contributed by atoms with van der Waals surface area (Å²) in [6.07, 6.45) is 0.337. The molecule has 0 bridgehead atoms. The van der Waals surface area contributed by atoms with Crippen molar-refractivity contribution in [2.45, 2.75) is 19.9 Å². The van der Waals surface area contributed by atoms with E-state index in [0.29, 0.717) is 18.1 Å². The zero-order valence-electron chi connectivity index (χ0n) is 12.8. The molecule has 5 nitrogen and oxygen atoms in total. The molecule has 3 aromatic rings. The van der Waals surface area contributed by atoms with Crippen LogP contribution in [0, 0.1) is 6.92 Å². The number of hydrogen-bond donors (Lipinski definition) is 1. The Kier molecular flexibility index (Phi) is 4.47. The number of rotatable bonds is 5. The lowest BCUT2D eigenvalue weighted by Gasteiger charge is -2.02. The minimum absolute atomic E-state index is 0.0714. The molecule has 23 heavy (non-hydrogen) atoms. The fourth-order valence-corrected chi connectivity index (χ4v) is 2.16. The number of amides is 1. The Balaban J connectivity index is 1.57. The van der Waals surface area contributed by atoms with Crippen LogP contribution in [0.3, 0.4) is 0 Å². The smallest absolute Gasteiger partial charge is 0.257 e. The Labute approximate surface area is 134 Å². The summed E-state index contributed by atoms with van der Waals surface area (Å²) in [7, 11) is 0. The highest BCUT2D eigenvalue weighted by atomic mass is 16.5. The maximum absolute atomic E-state index is 11.9. The van der Waals surface area contributed by atoms with E-state index in [2.05, 4.69) is 15.5 Å². The highest BCUT2D eigenvalue weighted by Crippen LogP contribution is 2.17. The highest BCUT2D eigenvalue weighted by molar-refractivity contribution is 5.78. The number of hydrogen-bond acceptors (Lipinski definition) is 4. The van der Waals surface area contributed by atoms with Crippen LogP contribution in [0.2, 0.25) is 0 Å². The predicted octanol–water partition coefficient (Wildman–Crippen LogP) is 2.90. The van der Waals surface area contributed by atoms with Gasteiger partial charge >= 0.3 is 0 Å². The van der Waals surface area contributed by atoms with E-state index in [1.54, 1.807) is 0 Å². The Morgan fingerprint density at radius 2 is 1.83 bits per heavy atom. The van der Waals surface area contributed by atoms with Crippen molar-refractivity contribution < 1.29 is 9.32 Å². The summed E-state index contributed by atoms with van der Waals surface area (Å²) in [6.45, 7) is 2.27. The van der Waals surface area contributed by atoms with Gasteiger partial charge in [-0.2, -0.15) is 4.98 Å². The van der Waals surface area contributed by atoms with Crippen LogP contribution in [0.15, 0.2) is 59.1 Å². The first-order valence-corrected chi connectivity index (χ1v) is 7.41. The van der Waals surface area contributed by atoms with Gasteiger partial charge in [0, 0.05) is 5.56 Å². The van der Waals surface area contributed by atoms with Crippen LogP contribution in [0.4, 0.5) is 0 Å². The molecule has 0 unspecified atom stereocenters. The average molecular weight is 307 g/mol. The molecule has 0 atom stereocenters. The molecular weight excluding hydrogens is 290 g/mol. The summed E-state index contributed by atoms with van der Waals surface area (Å²) in [5, 5.41) is 6.69. The maximum Gasteiger partial charge on any atom is 0.257 e. The Hall–Kier alpha value is -2.95. The van der Waals surface area contributed by atoms with E-state index in [-0.39, 0.29) is 12.5 Å². The molecule has 2 aromatic carbocycles. The van der Waals surface area contributed by atoms with Crippen molar-refractivity contribution in [3.05, 3.63) is 71.5 Å². The van der Waals surface area contributed by atoms with E-state index in [4.69, 9.17) is 4.52 Å². The zero-order chi connectivity index (χ0) is 16.1. The molecule has 1 N–H and O–H groups in total. The average Bonchev–Trinajstić information content (AvgIpc) is 3.04. The molecule has 1 aromatic heterocycles. The second-order valence-corrected chi connectivity index (χ2v) is 5.32. The number of benzene rings is 2. The molecule has 1 heterocycles. The van der Waals surface area contributed by atoms with Gasteiger partial charge in [-0.1, -0.05) is 53.2 Å². The standard InChI is InChI=1S/C18H17N3O2/c1-13-7-9-15(10-8-13)18-20-16(21-23-18)12-19-17(22)11-14-5-3-2-4-6-14/h2-10H,11-12H2,1H3,(H,19,22). The van der Waals surface area contributed by atoms with Crippen LogP contribution in [-0.2, 0) is 17.8 Å². The third kappa shape index (κ3) is 4.03. The molecule has 0 saturated carbocycles. The quantitative estimate of drug-likeness (QED) is 0.787. The lowest BCUT2D eigenvalue weighted by Crippen LogP contribution is -2.25. The summed E-state index contributed by atoms with van der Waals surface area (Å²) in [6, 6.07) is 17.4. The second kappa shape index (κ2) is 6.87. The molecule has 0 aliphatic heterocycles. The first kappa shape index (κ1) is 15.0. The topological polar surface area (TPSA) is 68.0 Å². The van der Waals surface area contributed by atoms with Gasteiger partial charge in [0.25, 0.3) is 5.89 Å². The number of aryl methyl sites for hydroxylation is 1. The van der Waals surface area contributed by atoms with Gasteiger partial charge in [-0.3, -0.25) is 4.79 Å². The molecule has 0 aliphatic carbocycles. The number of aromatic nitrogens is 2. The largest absolute Gasteiger partial charge is 0.348 e. The third-order valence-corrected chi connectivity index (χ3v) is 3.42. The summed E-state index contributed by atoms with van der Waals surface area (Å²) >= 11 is 0. The van der Waals surface area contributed by atoms with E-state index in [9.17, 15) is 4.79 Å². The maximum atomic E-state index is 11.9. The fourth-order valence-electron chi connectivity index (χ4n) is 2.16. The van der Waals surface area contributed by atoms with Crippen molar-refractivity contribution in [1.29, 1.82) is 0 Å². The monoisotopic (exact) mass is 307 g/mol. The van der Waals surface area contributed by atoms with Gasteiger partial charge in [-0.25, -0.2) is 0 Å². The van der Waals surface area contributed by atoms with Crippen molar-refractivity contribution in [1.82, 2.24) is 15.5 Å². The van der Waals surface area contributed by atoms with Crippen LogP contribution in [0.25, 0.3) is 11.5 Å². The van der Waals surface area contributed by atoms with Gasteiger partial charge < -0.3 is 9.84 Å². The second-order valence-electron chi connectivity index (χ2n) is 5.32. The third-order valence-electron chi connectivity index (χ3n) is 3.42. The predicted molar refractivity (Wildman–Crippen MR) is 86.5 cm³/mol. The summed E-state index contributed by atoms with van der Waals surface area (Å²) in [5.74, 6) is 0.845. The first-order chi connectivity index (χ1) is 11.2. The molecular formula is C18H17N3O2. The van der Waals surface area contributed by atoms with Crippen LogP contribution >= 0.6 is 0 Å². The number of carbonyl (C=O) groups is 1. The number of nitrogens with one attached hydrogen (secondary N) is 1. The van der Waals surface area contributed by atoms with E-state index in [1.165, 1.54) is 5.56 Å². The van der Waals surface area contributed by atoms with Gasteiger partial charge in [0.15, 0.2) is 5.82 Å². The van der Waals surface area contributed by atoms with Crippen molar-refractivity contribution in [3.8, 4) is 11.5 Å². The minimum Gasteiger partial charge on any atom is -0.348 e. The normalized spacial score (nSPS) is 10.5. The summed E-state index contributed by atoms with van der Waals surface area (Å²) in [5.41, 5.74) is 3.00. The molecule has 0 radical (unpaired) electrons. The Morgan fingerprint density at radius 3 is 2.57 bits per heavy atom. The SMILES string of the molecule is Cc1ccc(-c2nc(CNC(=O)Cc3ccccc3)no2)cc1. The molecule has 116 valence electrons. The lowest BCUT2D eigenvalue weighted by molar-refractivity contribution is -0.120. The molecule has 3 rings (SSSR count).